The normalized spacial score (nSPS) is 10.8. The lowest BCUT2D eigenvalue weighted by molar-refractivity contribution is 0.538. The van der Waals surface area contributed by atoms with Crippen molar-refractivity contribution in [1.29, 1.82) is 0 Å². The minimum absolute atomic E-state index is 0.816. The van der Waals surface area contributed by atoms with Crippen LogP contribution >= 0.6 is 0 Å². The van der Waals surface area contributed by atoms with Crippen LogP contribution in [0.1, 0.15) is 63.6 Å². The molecule has 104 valence electrons. The van der Waals surface area contributed by atoms with Gasteiger partial charge < -0.3 is 0 Å². The first-order valence-corrected chi connectivity index (χ1v) is 7.36. The van der Waals surface area contributed by atoms with E-state index in [-0.39, 0.29) is 0 Å². The molecule has 0 aliphatic heterocycles. The Morgan fingerprint density at radius 3 is 2.16 bits per heavy atom. The average Bonchev–Trinajstić information content (AvgIpc) is 2.33. The predicted octanol–water partition coefficient (Wildman–Crippen LogP) is 6.12. The topological polar surface area (TPSA) is 0 Å². The van der Waals surface area contributed by atoms with Gasteiger partial charge in [-0.05, 0) is 49.3 Å². The van der Waals surface area contributed by atoms with Crippen molar-refractivity contribution in [2.75, 3.05) is 0 Å². The molecule has 0 saturated carbocycles. The van der Waals surface area contributed by atoms with Gasteiger partial charge in [-0.25, -0.2) is 0 Å². The van der Waals surface area contributed by atoms with Gasteiger partial charge in [0.15, 0.2) is 0 Å². The van der Waals surface area contributed by atoms with E-state index in [9.17, 15) is 0 Å². The van der Waals surface area contributed by atoms with Gasteiger partial charge in [0.2, 0.25) is 0 Å². The molecule has 0 heteroatoms. The predicted molar refractivity (Wildman–Crippen MR) is 88.3 cm³/mol. The molecule has 0 N–H and O–H groups in total. The van der Waals surface area contributed by atoms with Gasteiger partial charge in [-0.15, -0.1) is 0 Å². The Morgan fingerprint density at radius 1 is 1.00 bits per heavy atom. The number of benzene rings is 1. The first-order chi connectivity index (χ1) is 8.91. The van der Waals surface area contributed by atoms with E-state index in [4.69, 9.17) is 0 Å². The molecule has 0 heterocycles. The van der Waals surface area contributed by atoms with E-state index in [2.05, 4.69) is 59.1 Å². The van der Waals surface area contributed by atoms with Gasteiger partial charge in [0.05, 0.1) is 0 Å². The van der Waals surface area contributed by atoms with Crippen LogP contribution in [0, 0.1) is 5.92 Å². The van der Waals surface area contributed by atoms with Crippen LogP contribution in [-0.2, 0) is 6.42 Å². The van der Waals surface area contributed by atoms with Gasteiger partial charge >= 0.3 is 0 Å². The monoisotopic (exact) mass is 256 g/mol. The molecule has 0 bridgehead atoms. The third-order valence-corrected chi connectivity index (χ3v) is 3.50. The second-order valence-corrected chi connectivity index (χ2v) is 6.08. The highest BCUT2D eigenvalue weighted by atomic mass is 14.1. The Morgan fingerprint density at radius 2 is 1.63 bits per heavy atom. The second kappa shape index (κ2) is 7.33. The number of hydrogen-bond donors (Lipinski definition) is 0. The second-order valence-electron chi connectivity index (χ2n) is 6.08. The van der Waals surface area contributed by atoms with E-state index in [0.29, 0.717) is 0 Å². The number of hydrogen-bond acceptors (Lipinski definition) is 0. The van der Waals surface area contributed by atoms with Gasteiger partial charge in [0.1, 0.15) is 0 Å². The maximum atomic E-state index is 4.09. The molecular weight excluding hydrogens is 228 g/mol. The van der Waals surface area contributed by atoms with Gasteiger partial charge in [0, 0.05) is 0 Å². The molecule has 0 fully saturated rings. The molecule has 19 heavy (non-hydrogen) atoms. The van der Waals surface area contributed by atoms with Crippen molar-refractivity contribution in [3.63, 3.8) is 0 Å². The molecular formula is C19H28. The lowest BCUT2D eigenvalue weighted by Gasteiger charge is -2.12. The summed E-state index contributed by atoms with van der Waals surface area (Å²) in [5, 5.41) is 0. The van der Waals surface area contributed by atoms with Crippen LogP contribution in [0.4, 0.5) is 0 Å². The van der Waals surface area contributed by atoms with Crippen molar-refractivity contribution in [2.45, 2.75) is 53.4 Å². The van der Waals surface area contributed by atoms with Crippen molar-refractivity contribution >= 4 is 11.1 Å². The van der Waals surface area contributed by atoms with Crippen LogP contribution < -0.4 is 0 Å². The Kier molecular flexibility index (Phi) is 6.08. The summed E-state index contributed by atoms with van der Waals surface area (Å²) >= 11 is 0. The van der Waals surface area contributed by atoms with Crippen LogP contribution in [0.15, 0.2) is 31.4 Å². The smallest absolute Gasteiger partial charge is 0.0155 e. The minimum atomic E-state index is 0.816. The Bertz CT molecular complexity index is 449. The molecule has 1 aromatic carbocycles. The quantitative estimate of drug-likeness (QED) is 0.515. The summed E-state index contributed by atoms with van der Waals surface area (Å²) in [6, 6.07) is 6.73. The van der Waals surface area contributed by atoms with Crippen molar-refractivity contribution in [3.8, 4) is 0 Å². The van der Waals surface area contributed by atoms with Crippen LogP contribution in [0.2, 0.25) is 0 Å². The molecule has 0 spiro atoms. The maximum Gasteiger partial charge on any atom is -0.0155 e. The lowest BCUT2D eigenvalue weighted by Crippen LogP contribution is -1.94. The fourth-order valence-electron chi connectivity index (χ4n) is 2.35. The van der Waals surface area contributed by atoms with Crippen molar-refractivity contribution < 1.29 is 0 Å². The van der Waals surface area contributed by atoms with E-state index in [1.165, 1.54) is 42.4 Å². The molecule has 1 aromatic rings. The van der Waals surface area contributed by atoms with E-state index < -0.39 is 0 Å². The van der Waals surface area contributed by atoms with Gasteiger partial charge in [0.25, 0.3) is 0 Å². The fraction of sp³-hybridized carbons (Fsp3) is 0.474. The van der Waals surface area contributed by atoms with Crippen LogP contribution in [0.25, 0.3) is 11.1 Å². The Hall–Kier alpha value is -1.30. The van der Waals surface area contributed by atoms with Crippen LogP contribution in [0.5, 0.6) is 0 Å². The largest absolute Gasteiger partial charge is 0.0955 e. The summed E-state index contributed by atoms with van der Waals surface area (Å²) in [5.41, 5.74) is 6.16. The number of unbranched alkanes of at least 4 members (excludes halogenated alkanes) is 1. The summed E-state index contributed by atoms with van der Waals surface area (Å²) in [5.74, 6) is 0.816. The third kappa shape index (κ3) is 5.06. The van der Waals surface area contributed by atoms with Crippen molar-refractivity contribution in [2.24, 2.45) is 5.92 Å². The number of aryl methyl sites for hydroxylation is 1. The first kappa shape index (κ1) is 15.8. The van der Waals surface area contributed by atoms with Crippen molar-refractivity contribution in [3.05, 3.63) is 48.0 Å². The lowest BCUT2D eigenvalue weighted by atomic mass is 9.93. The molecule has 1 rings (SSSR count). The highest BCUT2D eigenvalue weighted by molar-refractivity contribution is 5.76. The summed E-state index contributed by atoms with van der Waals surface area (Å²) in [4.78, 5) is 0. The van der Waals surface area contributed by atoms with E-state index in [1.807, 2.05) is 0 Å². The Balaban J connectivity index is 2.73. The molecule has 0 aromatic heterocycles. The molecule has 0 saturated heterocycles. The van der Waals surface area contributed by atoms with Gasteiger partial charge in [-0.1, -0.05) is 69.2 Å². The molecule has 0 atom stereocenters. The van der Waals surface area contributed by atoms with Gasteiger partial charge in [-0.3, -0.25) is 0 Å². The summed E-state index contributed by atoms with van der Waals surface area (Å²) < 4.78 is 0. The van der Waals surface area contributed by atoms with Crippen LogP contribution in [0.3, 0.4) is 0 Å². The average molecular weight is 256 g/mol. The molecule has 0 radical (unpaired) electrons. The maximum absolute atomic E-state index is 4.09. The third-order valence-electron chi connectivity index (χ3n) is 3.50. The van der Waals surface area contributed by atoms with Gasteiger partial charge in [-0.2, -0.15) is 0 Å². The zero-order valence-corrected chi connectivity index (χ0v) is 13.1. The first-order valence-electron chi connectivity index (χ1n) is 7.36. The summed E-state index contributed by atoms with van der Waals surface area (Å²) in [6.07, 6.45) is 5.10. The van der Waals surface area contributed by atoms with E-state index in [1.54, 1.807) is 0 Å². The molecule has 0 aliphatic rings. The Labute approximate surface area is 119 Å². The SMILES string of the molecule is C=C(C)c1ccc(CCCCC(C)C)cc1C(=C)C. The molecule has 0 nitrogen and oxygen atoms in total. The highest BCUT2D eigenvalue weighted by Crippen LogP contribution is 2.25. The zero-order valence-electron chi connectivity index (χ0n) is 13.1. The molecule has 0 aliphatic carbocycles. The molecule has 0 unspecified atom stereocenters. The summed E-state index contributed by atoms with van der Waals surface area (Å²) in [7, 11) is 0. The standard InChI is InChI=1S/C19H28/c1-14(2)9-7-8-10-17-11-12-18(15(3)4)19(13-17)16(5)6/h11-14H,3,5,7-10H2,1-2,4,6H3. The van der Waals surface area contributed by atoms with Crippen LogP contribution in [-0.4, -0.2) is 0 Å². The fourth-order valence-corrected chi connectivity index (χ4v) is 2.35. The number of rotatable bonds is 7. The van der Waals surface area contributed by atoms with Crippen molar-refractivity contribution in [1.82, 2.24) is 0 Å². The minimum Gasteiger partial charge on any atom is -0.0955 e. The number of allylic oxidation sites excluding steroid dienone is 2. The zero-order chi connectivity index (χ0) is 14.4. The summed E-state index contributed by atoms with van der Waals surface area (Å²) in [6.45, 7) is 16.9. The molecule has 0 amide bonds. The van der Waals surface area contributed by atoms with E-state index >= 15 is 0 Å². The van der Waals surface area contributed by atoms with E-state index in [0.717, 1.165) is 17.1 Å². The highest BCUT2D eigenvalue weighted by Gasteiger charge is 2.05.